The Bertz CT molecular complexity index is 1280. The Hall–Kier alpha value is -3.56. The van der Waals surface area contributed by atoms with Crippen molar-refractivity contribution in [2.75, 3.05) is 11.1 Å². The van der Waals surface area contributed by atoms with Gasteiger partial charge in [0.1, 0.15) is 23.2 Å². The van der Waals surface area contributed by atoms with Gasteiger partial charge in [0.05, 0.1) is 17.1 Å². The minimum absolute atomic E-state index is 0.0952. The van der Waals surface area contributed by atoms with E-state index in [1.807, 2.05) is 0 Å². The van der Waals surface area contributed by atoms with Crippen LogP contribution in [0.2, 0.25) is 5.02 Å². The fourth-order valence-electron chi connectivity index (χ4n) is 3.07. The van der Waals surface area contributed by atoms with E-state index in [4.69, 9.17) is 17.3 Å². The molecule has 0 aliphatic rings. The predicted molar refractivity (Wildman–Crippen MR) is 111 cm³/mol. The SMILES string of the molecule is Cc1nn(-c2ccc(NC(=O)C(O)c3cccc(Cl)c3)c(F)c2)c2c(N)ncnc12. The maximum atomic E-state index is 14.7. The summed E-state index contributed by atoms with van der Waals surface area (Å²) in [5.41, 5.74) is 8.15. The number of nitrogens with two attached hydrogens (primary N) is 1. The average molecular weight is 427 g/mol. The van der Waals surface area contributed by atoms with Crippen molar-refractivity contribution in [2.45, 2.75) is 13.0 Å². The van der Waals surface area contributed by atoms with E-state index in [9.17, 15) is 14.3 Å². The first-order valence-corrected chi connectivity index (χ1v) is 9.23. The number of aliphatic hydroxyl groups is 1. The third-order valence-corrected chi connectivity index (χ3v) is 4.76. The molecule has 8 nitrogen and oxygen atoms in total. The molecule has 152 valence electrons. The van der Waals surface area contributed by atoms with Gasteiger partial charge in [-0.1, -0.05) is 23.7 Å². The van der Waals surface area contributed by atoms with Crippen molar-refractivity contribution in [3.8, 4) is 5.69 Å². The van der Waals surface area contributed by atoms with Gasteiger partial charge in [0, 0.05) is 11.1 Å². The number of halogens is 2. The first-order valence-electron chi connectivity index (χ1n) is 8.85. The van der Waals surface area contributed by atoms with Crippen LogP contribution < -0.4 is 11.1 Å². The summed E-state index contributed by atoms with van der Waals surface area (Å²) in [4.78, 5) is 20.5. The molecule has 0 aliphatic heterocycles. The summed E-state index contributed by atoms with van der Waals surface area (Å²) < 4.78 is 16.2. The Morgan fingerprint density at radius 2 is 2.07 bits per heavy atom. The summed E-state index contributed by atoms with van der Waals surface area (Å²) in [5.74, 6) is -1.29. The Balaban J connectivity index is 1.62. The molecule has 2 aromatic carbocycles. The van der Waals surface area contributed by atoms with Crippen molar-refractivity contribution in [1.82, 2.24) is 19.7 Å². The molecular formula is C20H16ClFN6O2. The van der Waals surface area contributed by atoms with E-state index in [2.05, 4.69) is 20.4 Å². The van der Waals surface area contributed by atoms with E-state index in [0.29, 0.717) is 33.0 Å². The Labute approximate surface area is 175 Å². The van der Waals surface area contributed by atoms with Gasteiger partial charge >= 0.3 is 0 Å². The highest BCUT2D eigenvalue weighted by molar-refractivity contribution is 6.30. The number of carbonyl (C=O) groups excluding carboxylic acids is 1. The molecule has 1 amide bonds. The van der Waals surface area contributed by atoms with Crippen LogP contribution in [0.1, 0.15) is 17.4 Å². The summed E-state index contributed by atoms with van der Waals surface area (Å²) in [7, 11) is 0. The maximum absolute atomic E-state index is 14.7. The van der Waals surface area contributed by atoms with Crippen molar-refractivity contribution in [3.63, 3.8) is 0 Å². The molecule has 10 heteroatoms. The first-order chi connectivity index (χ1) is 14.3. The number of fused-ring (bicyclic) bond motifs is 1. The number of aryl methyl sites for hydroxylation is 1. The average Bonchev–Trinajstić information content (AvgIpc) is 3.07. The molecule has 0 radical (unpaired) electrons. The molecule has 4 aromatic rings. The van der Waals surface area contributed by atoms with E-state index in [-0.39, 0.29) is 11.5 Å². The highest BCUT2D eigenvalue weighted by atomic mass is 35.5. The van der Waals surface area contributed by atoms with Gasteiger partial charge in [-0.3, -0.25) is 4.79 Å². The lowest BCUT2D eigenvalue weighted by molar-refractivity contribution is -0.124. The number of rotatable bonds is 4. The zero-order valence-electron chi connectivity index (χ0n) is 15.7. The van der Waals surface area contributed by atoms with Gasteiger partial charge in [0.15, 0.2) is 11.9 Å². The highest BCUT2D eigenvalue weighted by Gasteiger charge is 2.20. The summed E-state index contributed by atoms with van der Waals surface area (Å²) in [5, 5.41) is 17.3. The minimum atomic E-state index is -1.50. The molecule has 0 aliphatic carbocycles. The molecular weight excluding hydrogens is 411 g/mol. The Morgan fingerprint density at radius 3 is 2.80 bits per heavy atom. The molecule has 4 rings (SSSR count). The summed E-state index contributed by atoms with van der Waals surface area (Å²) in [6.07, 6.45) is -0.168. The molecule has 1 atom stereocenters. The number of anilines is 2. The molecule has 0 spiro atoms. The van der Waals surface area contributed by atoms with Crippen LogP contribution in [-0.4, -0.2) is 30.8 Å². The van der Waals surface area contributed by atoms with E-state index < -0.39 is 17.8 Å². The molecule has 30 heavy (non-hydrogen) atoms. The zero-order valence-corrected chi connectivity index (χ0v) is 16.4. The van der Waals surface area contributed by atoms with Gasteiger partial charge in [-0.15, -0.1) is 0 Å². The third-order valence-electron chi connectivity index (χ3n) is 4.52. The van der Waals surface area contributed by atoms with Crippen LogP contribution in [0.25, 0.3) is 16.7 Å². The summed E-state index contributed by atoms with van der Waals surface area (Å²) in [6.45, 7) is 1.76. The molecule has 0 bridgehead atoms. The van der Waals surface area contributed by atoms with E-state index in [0.717, 1.165) is 0 Å². The van der Waals surface area contributed by atoms with E-state index in [1.165, 1.54) is 29.2 Å². The highest BCUT2D eigenvalue weighted by Crippen LogP contribution is 2.26. The molecule has 0 saturated heterocycles. The van der Waals surface area contributed by atoms with E-state index in [1.54, 1.807) is 31.2 Å². The van der Waals surface area contributed by atoms with Crippen LogP contribution >= 0.6 is 11.6 Å². The number of aromatic nitrogens is 4. The largest absolute Gasteiger partial charge is 0.382 e. The van der Waals surface area contributed by atoms with Crippen molar-refractivity contribution in [1.29, 1.82) is 0 Å². The topological polar surface area (TPSA) is 119 Å². The number of hydrogen-bond acceptors (Lipinski definition) is 6. The van der Waals surface area contributed by atoms with Crippen molar-refractivity contribution in [2.24, 2.45) is 0 Å². The van der Waals surface area contributed by atoms with Gasteiger partial charge in [-0.25, -0.2) is 19.0 Å². The predicted octanol–water partition coefficient (Wildman–Crippen LogP) is 3.17. The third kappa shape index (κ3) is 3.56. The second-order valence-electron chi connectivity index (χ2n) is 6.56. The fraction of sp³-hybridized carbons (Fsp3) is 0.100. The van der Waals surface area contributed by atoms with Gasteiger partial charge in [-0.2, -0.15) is 5.10 Å². The lowest BCUT2D eigenvalue weighted by Crippen LogP contribution is -2.21. The number of nitrogens with one attached hydrogen (secondary N) is 1. The Kier molecular flexibility index (Phi) is 5.06. The lowest BCUT2D eigenvalue weighted by Gasteiger charge is -2.13. The fourth-order valence-corrected chi connectivity index (χ4v) is 3.27. The minimum Gasteiger partial charge on any atom is -0.382 e. The van der Waals surface area contributed by atoms with E-state index >= 15 is 0 Å². The second kappa shape index (κ2) is 7.69. The van der Waals surface area contributed by atoms with Crippen molar-refractivity contribution < 1.29 is 14.3 Å². The number of carbonyl (C=O) groups is 1. The van der Waals surface area contributed by atoms with Gasteiger partial charge in [0.2, 0.25) is 0 Å². The lowest BCUT2D eigenvalue weighted by atomic mass is 10.1. The molecule has 0 fully saturated rings. The van der Waals surface area contributed by atoms with Crippen LogP contribution in [0.4, 0.5) is 15.9 Å². The number of benzene rings is 2. The first kappa shape index (κ1) is 19.7. The summed E-state index contributed by atoms with van der Waals surface area (Å²) >= 11 is 5.88. The smallest absolute Gasteiger partial charge is 0.257 e. The van der Waals surface area contributed by atoms with Crippen LogP contribution in [-0.2, 0) is 4.79 Å². The number of nitrogens with zero attached hydrogens (tertiary/aromatic N) is 4. The monoisotopic (exact) mass is 426 g/mol. The number of aliphatic hydroxyl groups excluding tert-OH is 1. The zero-order chi connectivity index (χ0) is 21.4. The standard InChI is InChI=1S/C20H16ClFN6O2/c1-10-16-17(19(23)25-9-24-16)28(27-10)13-5-6-15(14(22)8-13)26-20(30)18(29)11-3-2-4-12(21)7-11/h2-9,18,29H,1H3,(H,26,30)(H2,23,24,25). The van der Waals surface area contributed by atoms with Gasteiger partial charge in [-0.05, 0) is 36.8 Å². The van der Waals surface area contributed by atoms with Gasteiger partial charge in [0.25, 0.3) is 5.91 Å². The van der Waals surface area contributed by atoms with Crippen molar-refractivity contribution in [3.05, 3.63) is 70.9 Å². The van der Waals surface area contributed by atoms with Crippen LogP contribution in [0.3, 0.4) is 0 Å². The second-order valence-corrected chi connectivity index (χ2v) is 7.00. The maximum Gasteiger partial charge on any atom is 0.257 e. The quantitative estimate of drug-likeness (QED) is 0.461. The normalized spacial score (nSPS) is 12.1. The number of hydrogen-bond donors (Lipinski definition) is 3. The van der Waals surface area contributed by atoms with Crippen LogP contribution in [0, 0.1) is 12.7 Å². The number of amides is 1. The molecule has 1 unspecified atom stereocenters. The van der Waals surface area contributed by atoms with Crippen LogP contribution in [0.5, 0.6) is 0 Å². The number of nitrogen functional groups attached to an aromatic ring is 1. The Morgan fingerprint density at radius 1 is 1.27 bits per heavy atom. The molecule has 4 N–H and O–H groups in total. The molecule has 2 aromatic heterocycles. The molecule has 2 heterocycles. The van der Waals surface area contributed by atoms with Crippen molar-refractivity contribution >= 4 is 40.0 Å². The van der Waals surface area contributed by atoms with Crippen LogP contribution in [0.15, 0.2) is 48.8 Å². The molecule has 0 saturated carbocycles. The van der Waals surface area contributed by atoms with Gasteiger partial charge < -0.3 is 16.2 Å². The summed E-state index contributed by atoms with van der Waals surface area (Å²) in [6, 6.07) is 10.4.